The maximum Gasteiger partial charge on any atom is 0.308 e. The van der Waals surface area contributed by atoms with Crippen molar-refractivity contribution in [2.24, 2.45) is 5.92 Å². The second kappa shape index (κ2) is 17.3. The van der Waals surface area contributed by atoms with Crippen LogP contribution in [0, 0.1) is 5.92 Å². The molecule has 0 radical (unpaired) electrons. The first-order valence-corrected chi connectivity index (χ1v) is 16.1. The van der Waals surface area contributed by atoms with E-state index in [-0.39, 0.29) is 25.6 Å². The van der Waals surface area contributed by atoms with Gasteiger partial charge in [-0.1, -0.05) is 75.7 Å². The molecular formula is C37H47N3O7. The van der Waals surface area contributed by atoms with Crippen molar-refractivity contribution in [3.8, 4) is 5.75 Å². The van der Waals surface area contributed by atoms with Gasteiger partial charge in [-0.2, -0.15) is 0 Å². The van der Waals surface area contributed by atoms with E-state index in [0.717, 1.165) is 17.2 Å². The first kappa shape index (κ1) is 36.7. The third-order valence-corrected chi connectivity index (χ3v) is 7.30. The maximum absolute atomic E-state index is 13.9. The number of fused-ring (bicyclic) bond motifs is 1. The van der Waals surface area contributed by atoms with Crippen molar-refractivity contribution in [1.29, 1.82) is 0 Å². The number of nitrogens with one attached hydrogen (secondary N) is 2. The van der Waals surface area contributed by atoms with Crippen LogP contribution in [0.2, 0.25) is 0 Å². The number of hydrogen-bond acceptors (Lipinski definition) is 7. The predicted octanol–water partition coefficient (Wildman–Crippen LogP) is 5.09. The largest absolute Gasteiger partial charge is 0.486 e. The number of ether oxygens (including phenoxy) is 2. The summed E-state index contributed by atoms with van der Waals surface area (Å²) in [6.45, 7) is 10.2. The topological polar surface area (TPSA) is 131 Å². The summed E-state index contributed by atoms with van der Waals surface area (Å²) in [7, 11) is 0. The van der Waals surface area contributed by atoms with Crippen LogP contribution in [0.3, 0.4) is 0 Å². The van der Waals surface area contributed by atoms with Gasteiger partial charge in [0.2, 0.25) is 11.8 Å². The van der Waals surface area contributed by atoms with Gasteiger partial charge in [0, 0.05) is 12.1 Å². The van der Waals surface area contributed by atoms with Crippen molar-refractivity contribution in [1.82, 2.24) is 15.5 Å². The average Bonchev–Trinajstić information content (AvgIpc) is 3.02. The highest BCUT2D eigenvalue weighted by atomic mass is 16.6. The minimum absolute atomic E-state index is 0.264. The highest BCUT2D eigenvalue weighted by Gasteiger charge is 2.32. The van der Waals surface area contributed by atoms with Crippen LogP contribution >= 0.6 is 0 Å². The summed E-state index contributed by atoms with van der Waals surface area (Å²) in [5.74, 6) is -2.45. The summed E-state index contributed by atoms with van der Waals surface area (Å²) in [6, 6.07) is 19.6. The zero-order valence-electron chi connectivity index (χ0n) is 28.2. The van der Waals surface area contributed by atoms with E-state index in [0.29, 0.717) is 17.7 Å². The molecule has 3 rings (SSSR count). The van der Waals surface area contributed by atoms with Crippen LogP contribution in [0.5, 0.6) is 5.75 Å². The van der Waals surface area contributed by atoms with Crippen LogP contribution in [0.4, 0.5) is 0 Å². The number of carbonyl (C=O) groups excluding carboxylic acids is 5. The Labute approximate surface area is 277 Å². The maximum atomic E-state index is 13.9. The minimum atomic E-state index is -1.24. The number of para-hydroxylation sites is 1. The molecule has 0 unspecified atom stereocenters. The first-order valence-electron chi connectivity index (χ1n) is 16.1. The lowest BCUT2D eigenvalue weighted by Crippen LogP contribution is -2.55. The number of Topliss-reactive ketones (excluding diaryl/α,β-unsaturated/α-hetero) is 1. The van der Waals surface area contributed by atoms with Gasteiger partial charge in [0.15, 0.2) is 5.78 Å². The average molecular weight is 646 g/mol. The summed E-state index contributed by atoms with van der Waals surface area (Å²) in [4.78, 5) is 67.9. The molecule has 0 heterocycles. The number of ketones is 1. The van der Waals surface area contributed by atoms with Crippen molar-refractivity contribution in [3.05, 3.63) is 78.4 Å². The van der Waals surface area contributed by atoms with E-state index in [1.54, 1.807) is 57.2 Å². The smallest absolute Gasteiger partial charge is 0.308 e. The second-order valence-electron chi connectivity index (χ2n) is 12.8. The van der Waals surface area contributed by atoms with Crippen LogP contribution in [-0.4, -0.2) is 71.8 Å². The van der Waals surface area contributed by atoms with Gasteiger partial charge in [-0.25, -0.2) is 0 Å². The SMILES string of the molecule is CCCCN(CC(=O)N[C@@H](CC(=O)OC(C)(C)C)C(=O)COc1ccccc1)C(=O)[C@@H](NC(=O)c1ccc2ccccc2c1)C(C)C. The second-order valence-corrected chi connectivity index (χ2v) is 12.8. The van der Waals surface area contributed by atoms with E-state index < -0.39 is 53.6 Å². The molecule has 10 nitrogen and oxygen atoms in total. The molecule has 47 heavy (non-hydrogen) atoms. The van der Waals surface area contributed by atoms with E-state index in [1.807, 2.05) is 57.2 Å². The molecule has 3 aromatic rings. The van der Waals surface area contributed by atoms with Gasteiger partial charge < -0.3 is 25.0 Å². The number of amides is 3. The number of carbonyl (C=O) groups is 5. The van der Waals surface area contributed by atoms with Gasteiger partial charge in [-0.3, -0.25) is 24.0 Å². The van der Waals surface area contributed by atoms with Gasteiger partial charge >= 0.3 is 5.97 Å². The summed E-state index contributed by atoms with van der Waals surface area (Å²) in [5, 5.41) is 7.40. The van der Waals surface area contributed by atoms with E-state index >= 15 is 0 Å². The molecule has 0 fully saturated rings. The Hall–Kier alpha value is -4.73. The van der Waals surface area contributed by atoms with Gasteiger partial charge in [-0.05, 0) is 68.1 Å². The molecule has 0 saturated heterocycles. The molecule has 0 spiro atoms. The van der Waals surface area contributed by atoms with E-state index in [2.05, 4.69) is 10.6 Å². The van der Waals surface area contributed by atoms with Crippen molar-refractivity contribution in [2.75, 3.05) is 19.7 Å². The molecule has 2 atom stereocenters. The number of esters is 1. The Balaban J connectivity index is 1.75. The Morgan fingerprint density at radius 1 is 0.851 bits per heavy atom. The van der Waals surface area contributed by atoms with Crippen LogP contribution < -0.4 is 15.4 Å². The van der Waals surface area contributed by atoms with Gasteiger partial charge in [0.05, 0.1) is 13.0 Å². The number of hydrogen-bond donors (Lipinski definition) is 2. The Kier molecular flexibility index (Phi) is 13.5. The molecule has 0 aliphatic carbocycles. The summed E-state index contributed by atoms with van der Waals surface area (Å²) >= 11 is 0. The molecular weight excluding hydrogens is 598 g/mol. The number of unbranched alkanes of at least 4 members (excludes halogenated alkanes) is 1. The predicted molar refractivity (Wildman–Crippen MR) is 181 cm³/mol. The Morgan fingerprint density at radius 3 is 2.15 bits per heavy atom. The van der Waals surface area contributed by atoms with Crippen LogP contribution in [0.15, 0.2) is 72.8 Å². The van der Waals surface area contributed by atoms with Crippen molar-refractivity contribution >= 4 is 40.2 Å². The molecule has 0 aromatic heterocycles. The molecule has 0 aliphatic heterocycles. The Morgan fingerprint density at radius 2 is 1.51 bits per heavy atom. The van der Waals surface area contributed by atoms with Crippen molar-refractivity contribution in [2.45, 2.75) is 78.5 Å². The standard InChI is InChI=1S/C37H47N3O7/c1-7-8-20-40(36(45)34(25(2)3)39-35(44)28-19-18-26-14-12-13-15-27(26)21-28)23-32(42)38-30(22-33(43)47-37(4,5)6)31(41)24-46-29-16-10-9-11-17-29/h9-19,21,25,30,34H,7-8,20,22-24H2,1-6H3,(H,38,42)(H,39,44)/t30-,34-/m0/s1. The molecule has 252 valence electrons. The first-order chi connectivity index (χ1) is 22.3. The molecule has 2 N–H and O–H groups in total. The quantitative estimate of drug-likeness (QED) is 0.208. The van der Waals surface area contributed by atoms with Crippen LogP contribution in [0.1, 0.15) is 71.2 Å². The van der Waals surface area contributed by atoms with Gasteiger partial charge in [-0.15, -0.1) is 0 Å². The molecule has 3 aromatic carbocycles. The number of nitrogens with zero attached hydrogens (tertiary/aromatic N) is 1. The third-order valence-electron chi connectivity index (χ3n) is 7.30. The summed E-state index contributed by atoms with van der Waals surface area (Å²) in [6.07, 6.45) is 0.977. The summed E-state index contributed by atoms with van der Waals surface area (Å²) in [5.41, 5.74) is -0.372. The lowest BCUT2D eigenvalue weighted by atomic mass is 10.0. The fourth-order valence-corrected chi connectivity index (χ4v) is 4.86. The molecule has 0 saturated carbocycles. The van der Waals surface area contributed by atoms with Crippen molar-refractivity contribution in [3.63, 3.8) is 0 Å². The van der Waals surface area contributed by atoms with E-state index in [9.17, 15) is 24.0 Å². The fraction of sp³-hybridized carbons (Fsp3) is 0.432. The minimum Gasteiger partial charge on any atom is -0.486 e. The third kappa shape index (κ3) is 11.9. The monoisotopic (exact) mass is 645 g/mol. The Bertz CT molecular complexity index is 1530. The lowest BCUT2D eigenvalue weighted by molar-refractivity contribution is -0.156. The van der Waals surface area contributed by atoms with Crippen molar-refractivity contribution < 1.29 is 33.4 Å². The molecule has 0 aliphatic rings. The fourth-order valence-electron chi connectivity index (χ4n) is 4.86. The lowest BCUT2D eigenvalue weighted by Gasteiger charge is -2.30. The molecule has 10 heteroatoms. The zero-order chi connectivity index (χ0) is 34.6. The molecule has 0 bridgehead atoms. The zero-order valence-corrected chi connectivity index (χ0v) is 28.2. The van der Waals surface area contributed by atoms with Crippen LogP contribution in [0.25, 0.3) is 10.8 Å². The van der Waals surface area contributed by atoms with E-state index in [1.165, 1.54) is 4.90 Å². The normalized spacial score (nSPS) is 12.6. The molecule has 3 amide bonds. The van der Waals surface area contributed by atoms with E-state index in [4.69, 9.17) is 9.47 Å². The number of rotatable bonds is 16. The van der Waals surface area contributed by atoms with Gasteiger partial charge in [0.1, 0.15) is 30.0 Å². The van der Waals surface area contributed by atoms with Gasteiger partial charge in [0.25, 0.3) is 5.91 Å². The highest BCUT2D eigenvalue weighted by Crippen LogP contribution is 2.17. The van der Waals surface area contributed by atoms with Crippen LogP contribution in [-0.2, 0) is 23.9 Å². The number of benzene rings is 3. The summed E-state index contributed by atoms with van der Waals surface area (Å²) < 4.78 is 11.0. The highest BCUT2D eigenvalue weighted by molar-refractivity contribution is 6.01.